The first-order valence-corrected chi connectivity index (χ1v) is 12.0. The predicted molar refractivity (Wildman–Crippen MR) is 126 cm³/mol. The Hall–Kier alpha value is -2.95. The van der Waals surface area contributed by atoms with Crippen molar-refractivity contribution < 1.29 is 27.1 Å². The van der Waals surface area contributed by atoms with Crippen LogP contribution in [-0.2, 0) is 21.4 Å². The average molecular weight is 537 g/mol. The van der Waals surface area contributed by atoms with Crippen LogP contribution in [0.4, 0.5) is 10.1 Å². The Kier molecular flexibility index (Phi) is 8.06. The number of halogens is 2. The summed E-state index contributed by atoms with van der Waals surface area (Å²) in [5.41, 5.74) is 0.635. The van der Waals surface area contributed by atoms with Gasteiger partial charge in [-0.25, -0.2) is 12.8 Å². The SMILES string of the molecule is COc1ccc(S(=O)(=O)N(CC(=O)Nc2ccc(Br)cc2F)Cc2ccccc2)cc1OC. The number of sulfonamides is 1. The van der Waals surface area contributed by atoms with Gasteiger partial charge in [-0.2, -0.15) is 4.31 Å². The van der Waals surface area contributed by atoms with Gasteiger partial charge in [0.15, 0.2) is 11.5 Å². The van der Waals surface area contributed by atoms with E-state index >= 15 is 0 Å². The number of hydrogen-bond donors (Lipinski definition) is 1. The third-order valence-electron chi connectivity index (χ3n) is 4.72. The van der Waals surface area contributed by atoms with Crippen molar-refractivity contribution in [2.24, 2.45) is 0 Å². The molecule has 1 N–H and O–H groups in total. The standard InChI is InChI=1S/C23H22BrFN2O5S/c1-31-21-11-9-18(13-22(21)32-2)33(29,30)27(14-16-6-4-3-5-7-16)15-23(28)26-20-10-8-17(24)12-19(20)25/h3-13H,14-15H2,1-2H3,(H,26,28). The Balaban J connectivity index is 1.92. The lowest BCUT2D eigenvalue weighted by Crippen LogP contribution is -2.37. The van der Waals surface area contributed by atoms with Crippen LogP contribution in [0.3, 0.4) is 0 Å². The van der Waals surface area contributed by atoms with Crippen molar-refractivity contribution in [1.82, 2.24) is 4.31 Å². The van der Waals surface area contributed by atoms with Gasteiger partial charge in [0, 0.05) is 17.1 Å². The lowest BCUT2D eigenvalue weighted by molar-refractivity contribution is -0.116. The number of nitrogens with one attached hydrogen (secondary N) is 1. The maximum Gasteiger partial charge on any atom is 0.243 e. The zero-order valence-electron chi connectivity index (χ0n) is 17.9. The van der Waals surface area contributed by atoms with E-state index in [0.717, 1.165) is 4.31 Å². The second-order valence-electron chi connectivity index (χ2n) is 6.95. The number of hydrogen-bond acceptors (Lipinski definition) is 5. The van der Waals surface area contributed by atoms with Gasteiger partial charge in [0.1, 0.15) is 5.82 Å². The lowest BCUT2D eigenvalue weighted by atomic mass is 10.2. The molecule has 3 rings (SSSR count). The average Bonchev–Trinajstić information content (AvgIpc) is 2.80. The molecule has 174 valence electrons. The molecule has 0 spiro atoms. The minimum Gasteiger partial charge on any atom is -0.493 e. The fraction of sp³-hybridized carbons (Fsp3) is 0.174. The second-order valence-corrected chi connectivity index (χ2v) is 9.80. The lowest BCUT2D eigenvalue weighted by Gasteiger charge is -2.22. The Bertz CT molecular complexity index is 1240. The van der Waals surface area contributed by atoms with Crippen LogP contribution in [0.25, 0.3) is 0 Å². The van der Waals surface area contributed by atoms with E-state index in [1.165, 1.54) is 44.6 Å². The van der Waals surface area contributed by atoms with E-state index in [-0.39, 0.29) is 22.9 Å². The first-order chi connectivity index (χ1) is 15.7. The number of nitrogens with zero attached hydrogens (tertiary/aromatic N) is 1. The summed E-state index contributed by atoms with van der Waals surface area (Å²) in [4.78, 5) is 12.6. The molecule has 0 atom stereocenters. The summed E-state index contributed by atoms with van der Waals surface area (Å²) >= 11 is 3.15. The molecule has 3 aromatic carbocycles. The highest BCUT2D eigenvalue weighted by atomic mass is 79.9. The maximum absolute atomic E-state index is 14.1. The Morgan fingerprint density at radius 3 is 2.33 bits per heavy atom. The number of carbonyl (C=O) groups is 1. The molecule has 0 radical (unpaired) electrons. The monoisotopic (exact) mass is 536 g/mol. The molecular formula is C23H22BrFN2O5S. The third-order valence-corrected chi connectivity index (χ3v) is 7.00. The van der Waals surface area contributed by atoms with Gasteiger partial charge in [0.25, 0.3) is 0 Å². The van der Waals surface area contributed by atoms with Gasteiger partial charge in [0.05, 0.1) is 31.3 Å². The van der Waals surface area contributed by atoms with Gasteiger partial charge in [-0.3, -0.25) is 4.79 Å². The molecule has 3 aromatic rings. The van der Waals surface area contributed by atoms with Crippen LogP contribution >= 0.6 is 15.9 Å². The normalized spacial score (nSPS) is 11.3. The zero-order valence-corrected chi connectivity index (χ0v) is 20.3. The summed E-state index contributed by atoms with van der Waals surface area (Å²) in [5, 5.41) is 2.43. The molecule has 0 aliphatic rings. The molecule has 0 heterocycles. The van der Waals surface area contributed by atoms with Crippen molar-refractivity contribution in [3.05, 3.63) is 82.6 Å². The maximum atomic E-state index is 14.1. The largest absolute Gasteiger partial charge is 0.493 e. The quantitative estimate of drug-likeness (QED) is 0.437. The molecule has 10 heteroatoms. The fourth-order valence-corrected chi connectivity index (χ4v) is 4.81. The molecule has 0 unspecified atom stereocenters. The van der Waals surface area contributed by atoms with E-state index < -0.39 is 28.3 Å². The summed E-state index contributed by atoms with van der Waals surface area (Å²) in [6.07, 6.45) is 0. The summed E-state index contributed by atoms with van der Waals surface area (Å²) < 4.78 is 53.0. The van der Waals surface area contributed by atoms with Gasteiger partial charge in [-0.05, 0) is 35.9 Å². The highest BCUT2D eigenvalue weighted by Gasteiger charge is 2.28. The van der Waals surface area contributed by atoms with Gasteiger partial charge < -0.3 is 14.8 Å². The minimum absolute atomic E-state index is 0.0497. The van der Waals surface area contributed by atoms with Gasteiger partial charge in [-0.15, -0.1) is 0 Å². The molecule has 0 aliphatic heterocycles. The number of carbonyl (C=O) groups excluding carboxylic acids is 1. The molecule has 0 aliphatic carbocycles. The molecule has 0 saturated carbocycles. The van der Waals surface area contributed by atoms with Crippen molar-refractivity contribution in [3.8, 4) is 11.5 Å². The van der Waals surface area contributed by atoms with Crippen molar-refractivity contribution in [3.63, 3.8) is 0 Å². The summed E-state index contributed by atoms with van der Waals surface area (Å²) in [7, 11) is -1.28. The smallest absolute Gasteiger partial charge is 0.243 e. The van der Waals surface area contributed by atoms with Crippen molar-refractivity contribution in [1.29, 1.82) is 0 Å². The van der Waals surface area contributed by atoms with E-state index in [1.807, 2.05) is 0 Å². The molecular weight excluding hydrogens is 515 g/mol. The van der Waals surface area contributed by atoms with Crippen LogP contribution in [-0.4, -0.2) is 39.4 Å². The van der Waals surface area contributed by atoms with Crippen molar-refractivity contribution in [2.75, 3.05) is 26.1 Å². The van der Waals surface area contributed by atoms with Crippen LogP contribution in [0.2, 0.25) is 0 Å². The highest BCUT2D eigenvalue weighted by Crippen LogP contribution is 2.31. The molecule has 7 nitrogen and oxygen atoms in total. The van der Waals surface area contributed by atoms with Crippen LogP contribution in [0.5, 0.6) is 11.5 Å². The first kappa shape index (κ1) is 24.7. The molecule has 1 amide bonds. The van der Waals surface area contributed by atoms with E-state index in [0.29, 0.717) is 15.8 Å². The molecule has 0 fully saturated rings. The van der Waals surface area contributed by atoms with Crippen molar-refractivity contribution >= 4 is 37.5 Å². The summed E-state index contributed by atoms with van der Waals surface area (Å²) in [6.45, 7) is -0.588. The molecule has 0 bridgehead atoms. The Morgan fingerprint density at radius 1 is 1.00 bits per heavy atom. The number of benzene rings is 3. The second kappa shape index (κ2) is 10.8. The topological polar surface area (TPSA) is 84.9 Å². The number of ether oxygens (including phenoxy) is 2. The highest BCUT2D eigenvalue weighted by molar-refractivity contribution is 9.10. The van der Waals surface area contributed by atoms with Crippen LogP contribution < -0.4 is 14.8 Å². The summed E-state index contributed by atoms with van der Waals surface area (Å²) in [6, 6.07) is 17.2. The first-order valence-electron chi connectivity index (χ1n) is 9.75. The fourth-order valence-electron chi connectivity index (χ4n) is 3.08. The van der Waals surface area contributed by atoms with Gasteiger partial charge in [-0.1, -0.05) is 46.3 Å². The van der Waals surface area contributed by atoms with Gasteiger partial charge in [0.2, 0.25) is 15.9 Å². The Labute approximate surface area is 200 Å². The van der Waals surface area contributed by atoms with E-state index in [4.69, 9.17) is 9.47 Å². The minimum atomic E-state index is -4.13. The number of methoxy groups -OCH3 is 2. The molecule has 0 aromatic heterocycles. The van der Waals surface area contributed by atoms with Gasteiger partial charge >= 0.3 is 0 Å². The van der Waals surface area contributed by atoms with Crippen LogP contribution in [0, 0.1) is 5.82 Å². The molecule has 33 heavy (non-hydrogen) atoms. The number of amides is 1. The van der Waals surface area contributed by atoms with Crippen LogP contribution in [0.15, 0.2) is 76.1 Å². The zero-order chi connectivity index (χ0) is 24.0. The van der Waals surface area contributed by atoms with Crippen molar-refractivity contribution in [2.45, 2.75) is 11.4 Å². The Morgan fingerprint density at radius 2 is 1.70 bits per heavy atom. The third kappa shape index (κ3) is 6.10. The van der Waals surface area contributed by atoms with E-state index in [1.54, 1.807) is 36.4 Å². The number of rotatable bonds is 9. The van der Waals surface area contributed by atoms with Crippen LogP contribution in [0.1, 0.15) is 5.56 Å². The number of anilines is 1. The molecule has 0 saturated heterocycles. The summed E-state index contributed by atoms with van der Waals surface area (Å²) in [5.74, 6) is -0.722. The van der Waals surface area contributed by atoms with E-state index in [9.17, 15) is 17.6 Å². The predicted octanol–water partition coefficient (Wildman–Crippen LogP) is 4.44. The van der Waals surface area contributed by atoms with E-state index in [2.05, 4.69) is 21.2 Å².